The summed E-state index contributed by atoms with van der Waals surface area (Å²) in [5.41, 5.74) is 2.05. The first kappa shape index (κ1) is 22.2. The van der Waals surface area contributed by atoms with E-state index >= 15 is 0 Å². The lowest BCUT2D eigenvalue weighted by atomic mass is 10.1. The van der Waals surface area contributed by atoms with Crippen LogP contribution in [0.3, 0.4) is 0 Å². The van der Waals surface area contributed by atoms with E-state index in [9.17, 15) is 4.79 Å². The second-order valence-electron chi connectivity index (χ2n) is 6.77. The highest BCUT2D eigenvalue weighted by Gasteiger charge is 2.17. The summed E-state index contributed by atoms with van der Waals surface area (Å²) in [7, 11) is 2.17. The zero-order valence-corrected chi connectivity index (χ0v) is 16.5. The normalized spacial score (nSPS) is 19.6. The molecule has 0 saturated carbocycles. The van der Waals surface area contributed by atoms with Crippen molar-refractivity contribution in [2.45, 2.75) is 25.4 Å². The van der Waals surface area contributed by atoms with Crippen molar-refractivity contribution in [3.8, 4) is 0 Å². The number of nitrogens with zero attached hydrogens (tertiary/aromatic N) is 2. The molecule has 1 aromatic carbocycles. The highest BCUT2D eigenvalue weighted by Crippen LogP contribution is 2.11. The first-order chi connectivity index (χ1) is 11.2. The van der Waals surface area contributed by atoms with Gasteiger partial charge in [0.1, 0.15) is 0 Å². The molecule has 0 atom stereocenters. The lowest BCUT2D eigenvalue weighted by Gasteiger charge is -2.32. The van der Waals surface area contributed by atoms with E-state index in [0.29, 0.717) is 6.04 Å². The molecule has 0 unspecified atom stereocenters. The van der Waals surface area contributed by atoms with Gasteiger partial charge in [-0.25, -0.2) is 0 Å². The molecule has 2 saturated heterocycles. The third kappa shape index (κ3) is 6.76. The van der Waals surface area contributed by atoms with Crippen molar-refractivity contribution >= 4 is 30.7 Å². The zero-order valence-electron chi connectivity index (χ0n) is 14.9. The van der Waals surface area contributed by atoms with E-state index < -0.39 is 0 Å². The molecule has 25 heavy (non-hydrogen) atoms. The molecule has 2 aliphatic heterocycles. The molecule has 2 fully saturated rings. The minimum atomic E-state index is 0. The smallest absolute Gasteiger partial charge is 0.251 e. The van der Waals surface area contributed by atoms with Gasteiger partial charge in [-0.2, -0.15) is 0 Å². The van der Waals surface area contributed by atoms with Gasteiger partial charge in [-0.3, -0.25) is 9.69 Å². The minimum Gasteiger partial charge on any atom is -0.349 e. The van der Waals surface area contributed by atoms with Crippen LogP contribution in [0.25, 0.3) is 0 Å². The molecule has 1 amide bonds. The Balaban J connectivity index is 0.00000156. The summed E-state index contributed by atoms with van der Waals surface area (Å²) in [6, 6.07) is 8.42. The fourth-order valence-electron chi connectivity index (χ4n) is 3.26. The Kier molecular flexibility index (Phi) is 9.75. The second-order valence-corrected chi connectivity index (χ2v) is 6.77. The fourth-order valence-corrected chi connectivity index (χ4v) is 3.26. The fraction of sp³-hybridized carbons (Fsp3) is 0.611. The van der Waals surface area contributed by atoms with Crippen molar-refractivity contribution in [2.75, 3.05) is 46.3 Å². The van der Waals surface area contributed by atoms with Crippen molar-refractivity contribution in [3.05, 3.63) is 35.4 Å². The number of hydrogen-bond acceptors (Lipinski definition) is 4. The Morgan fingerprint density at radius 3 is 2.28 bits per heavy atom. The van der Waals surface area contributed by atoms with Gasteiger partial charge in [-0.05, 0) is 50.7 Å². The molecule has 3 rings (SSSR count). The molecular weight excluding hydrogens is 359 g/mol. The Morgan fingerprint density at radius 2 is 1.68 bits per heavy atom. The van der Waals surface area contributed by atoms with Crippen LogP contribution in [0.4, 0.5) is 0 Å². The maximum atomic E-state index is 12.3. The molecule has 142 valence electrons. The van der Waals surface area contributed by atoms with E-state index in [0.717, 1.165) is 64.2 Å². The molecule has 0 bridgehead atoms. The number of benzene rings is 1. The molecule has 0 aromatic heterocycles. The molecule has 2 heterocycles. The van der Waals surface area contributed by atoms with Crippen LogP contribution in [0.2, 0.25) is 0 Å². The standard InChI is InChI=1S/C18H28N4O.2ClH/c1-21-10-12-22(13-11-21)14-15-2-4-16(5-3-15)18(23)20-17-6-8-19-9-7-17;;/h2-5,17,19H,6-14H2,1H3,(H,20,23);2*1H. The maximum absolute atomic E-state index is 12.3. The molecule has 0 radical (unpaired) electrons. The van der Waals surface area contributed by atoms with Crippen LogP contribution in [-0.4, -0.2) is 68.1 Å². The number of likely N-dealkylation sites (N-methyl/N-ethyl adjacent to an activating group) is 1. The first-order valence-corrected chi connectivity index (χ1v) is 8.72. The topological polar surface area (TPSA) is 47.6 Å². The van der Waals surface area contributed by atoms with Crippen LogP contribution < -0.4 is 10.6 Å². The molecular formula is C18H30Cl2N4O. The Morgan fingerprint density at radius 1 is 1.08 bits per heavy atom. The molecule has 2 aliphatic rings. The number of nitrogens with one attached hydrogen (secondary N) is 2. The lowest BCUT2D eigenvalue weighted by Crippen LogP contribution is -2.43. The predicted molar refractivity (Wildman–Crippen MR) is 107 cm³/mol. The number of amides is 1. The summed E-state index contributed by atoms with van der Waals surface area (Å²) in [5, 5.41) is 6.46. The van der Waals surface area contributed by atoms with Crippen LogP contribution in [0.1, 0.15) is 28.8 Å². The van der Waals surface area contributed by atoms with E-state index in [1.165, 1.54) is 5.56 Å². The summed E-state index contributed by atoms with van der Waals surface area (Å²) < 4.78 is 0. The third-order valence-corrected chi connectivity index (χ3v) is 4.89. The van der Waals surface area contributed by atoms with Gasteiger partial charge in [0.25, 0.3) is 5.91 Å². The zero-order chi connectivity index (χ0) is 16.1. The average Bonchev–Trinajstić information content (AvgIpc) is 2.58. The van der Waals surface area contributed by atoms with Gasteiger partial charge in [0.15, 0.2) is 0 Å². The summed E-state index contributed by atoms with van der Waals surface area (Å²) in [6.07, 6.45) is 2.04. The predicted octanol–water partition coefficient (Wildman–Crippen LogP) is 1.76. The van der Waals surface area contributed by atoms with E-state index in [4.69, 9.17) is 0 Å². The Labute approximate surface area is 163 Å². The summed E-state index contributed by atoms with van der Waals surface area (Å²) in [4.78, 5) is 17.1. The molecule has 5 nitrogen and oxygen atoms in total. The van der Waals surface area contributed by atoms with Crippen LogP contribution in [-0.2, 0) is 6.54 Å². The Hall–Kier alpha value is -0.850. The lowest BCUT2D eigenvalue weighted by molar-refractivity contribution is 0.0929. The monoisotopic (exact) mass is 388 g/mol. The van der Waals surface area contributed by atoms with Gasteiger partial charge in [0.05, 0.1) is 0 Å². The quantitative estimate of drug-likeness (QED) is 0.824. The minimum absolute atomic E-state index is 0. The van der Waals surface area contributed by atoms with Gasteiger partial charge in [-0.1, -0.05) is 12.1 Å². The molecule has 1 aromatic rings. The molecule has 7 heteroatoms. The van der Waals surface area contributed by atoms with Gasteiger partial charge in [0.2, 0.25) is 0 Å². The summed E-state index contributed by atoms with van der Waals surface area (Å²) in [6.45, 7) is 7.48. The van der Waals surface area contributed by atoms with Crippen molar-refractivity contribution < 1.29 is 4.79 Å². The largest absolute Gasteiger partial charge is 0.349 e. The maximum Gasteiger partial charge on any atom is 0.251 e. The highest BCUT2D eigenvalue weighted by atomic mass is 35.5. The number of halogens is 2. The Bertz CT molecular complexity index is 512. The number of carbonyl (C=O) groups is 1. The van der Waals surface area contributed by atoms with Crippen molar-refractivity contribution in [1.82, 2.24) is 20.4 Å². The number of carbonyl (C=O) groups excluding carboxylic acids is 1. The number of piperazine rings is 1. The van der Waals surface area contributed by atoms with Crippen LogP contribution in [0.5, 0.6) is 0 Å². The van der Waals surface area contributed by atoms with E-state index in [2.05, 4.69) is 39.6 Å². The van der Waals surface area contributed by atoms with E-state index in [-0.39, 0.29) is 30.7 Å². The number of piperidine rings is 1. The molecule has 0 spiro atoms. The second kappa shape index (κ2) is 11.0. The van der Waals surface area contributed by atoms with Crippen LogP contribution >= 0.6 is 24.8 Å². The molecule has 2 N–H and O–H groups in total. The van der Waals surface area contributed by atoms with E-state index in [1.54, 1.807) is 0 Å². The number of hydrogen-bond donors (Lipinski definition) is 2. The van der Waals surface area contributed by atoms with Gasteiger partial charge < -0.3 is 15.5 Å². The van der Waals surface area contributed by atoms with Gasteiger partial charge >= 0.3 is 0 Å². The first-order valence-electron chi connectivity index (χ1n) is 8.72. The van der Waals surface area contributed by atoms with Crippen molar-refractivity contribution in [1.29, 1.82) is 0 Å². The summed E-state index contributed by atoms with van der Waals surface area (Å²) in [5.74, 6) is 0.0584. The van der Waals surface area contributed by atoms with Gasteiger partial charge in [0, 0.05) is 44.3 Å². The van der Waals surface area contributed by atoms with Crippen molar-refractivity contribution in [2.24, 2.45) is 0 Å². The van der Waals surface area contributed by atoms with Crippen LogP contribution in [0.15, 0.2) is 24.3 Å². The number of rotatable bonds is 4. The SMILES string of the molecule is CN1CCN(Cc2ccc(C(=O)NC3CCNCC3)cc2)CC1.Cl.Cl. The third-order valence-electron chi connectivity index (χ3n) is 4.89. The van der Waals surface area contributed by atoms with Gasteiger partial charge in [-0.15, -0.1) is 24.8 Å². The average molecular weight is 389 g/mol. The van der Waals surface area contributed by atoms with Crippen LogP contribution in [0, 0.1) is 0 Å². The van der Waals surface area contributed by atoms with E-state index in [1.807, 2.05) is 12.1 Å². The highest BCUT2D eigenvalue weighted by molar-refractivity contribution is 5.94. The summed E-state index contributed by atoms with van der Waals surface area (Å²) >= 11 is 0. The van der Waals surface area contributed by atoms with Crippen molar-refractivity contribution in [3.63, 3.8) is 0 Å². The molecule has 0 aliphatic carbocycles.